The van der Waals surface area contributed by atoms with Crippen molar-refractivity contribution in [3.8, 4) is 0 Å². The molecule has 0 bridgehead atoms. The van der Waals surface area contributed by atoms with Gasteiger partial charge in [-0.3, -0.25) is 0 Å². The third-order valence-electron chi connectivity index (χ3n) is 4.42. The number of hydrogen-bond acceptors (Lipinski definition) is 3. The minimum Gasteiger partial charge on any atom is -0.388 e. The van der Waals surface area contributed by atoms with Crippen molar-refractivity contribution < 1.29 is 0 Å². The van der Waals surface area contributed by atoms with Gasteiger partial charge in [0.2, 0.25) is 0 Å². The summed E-state index contributed by atoms with van der Waals surface area (Å²) in [6.07, 6.45) is 7.65. The van der Waals surface area contributed by atoms with Crippen LogP contribution in [0.25, 0.3) is 0 Å². The van der Waals surface area contributed by atoms with Crippen molar-refractivity contribution in [2.45, 2.75) is 51.5 Å². The number of aromatic nitrogens is 3. The van der Waals surface area contributed by atoms with Crippen molar-refractivity contribution in [2.24, 2.45) is 17.6 Å². The molecule has 0 radical (unpaired) electrons. The summed E-state index contributed by atoms with van der Waals surface area (Å²) in [7, 11) is 0. The Morgan fingerprint density at radius 1 is 1.44 bits per heavy atom. The van der Waals surface area contributed by atoms with Gasteiger partial charge < -0.3 is 5.73 Å². The summed E-state index contributed by atoms with van der Waals surface area (Å²) in [6, 6.07) is 0.433. The van der Waals surface area contributed by atoms with Crippen LogP contribution in [0.15, 0.2) is 0 Å². The zero-order valence-electron chi connectivity index (χ0n) is 10.8. The van der Waals surface area contributed by atoms with Crippen molar-refractivity contribution in [3.63, 3.8) is 0 Å². The second-order valence-corrected chi connectivity index (χ2v) is 6.21. The Labute approximate surface area is 113 Å². The maximum Gasteiger partial charge on any atom is 0.143 e. The summed E-state index contributed by atoms with van der Waals surface area (Å²) in [4.78, 5) is 0.387. The highest BCUT2D eigenvalue weighted by Gasteiger charge is 2.31. The highest BCUT2D eigenvalue weighted by molar-refractivity contribution is 7.80. The first kappa shape index (κ1) is 12.1. The van der Waals surface area contributed by atoms with Gasteiger partial charge in [0.1, 0.15) is 10.7 Å². The largest absolute Gasteiger partial charge is 0.388 e. The van der Waals surface area contributed by atoms with Crippen LogP contribution in [0.5, 0.6) is 0 Å². The smallest absolute Gasteiger partial charge is 0.143 e. The molecule has 2 fully saturated rings. The minimum absolute atomic E-state index is 0.387. The molecule has 0 spiro atoms. The zero-order chi connectivity index (χ0) is 12.7. The van der Waals surface area contributed by atoms with Crippen molar-refractivity contribution in [1.82, 2.24) is 15.0 Å². The Kier molecular flexibility index (Phi) is 3.09. The third kappa shape index (κ3) is 2.16. The van der Waals surface area contributed by atoms with Crippen molar-refractivity contribution in [1.29, 1.82) is 0 Å². The maximum absolute atomic E-state index is 5.76. The van der Waals surface area contributed by atoms with Crippen LogP contribution >= 0.6 is 12.2 Å². The van der Waals surface area contributed by atoms with E-state index < -0.39 is 0 Å². The Morgan fingerprint density at radius 3 is 2.67 bits per heavy atom. The van der Waals surface area contributed by atoms with E-state index in [0.29, 0.717) is 11.0 Å². The molecule has 5 heteroatoms. The Bertz CT molecular complexity index is 460. The van der Waals surface area contributed by atoms with Gasteiger partial charge in [0, 0.05) is 0 Å². The fourth-order valence-corrected chi connectivity index (χ4v) is 2.90. The molecule has 0 saturated heterocycles. The lowest BCUT2D eigenvalue weighted by Gasteiger charge is -2.32. The van der Waals surface area contributed by atoms with Crippen LogP contribution in [0.2, 0.25) is 0 Å². The predicted octanol–water partition coefficient (Wildman–Crippen LogP) is 2.23. The molecule has 0 aliphatic heterocycles. The van der Waals surface area contributed by atoms with E-state index >= 15 is 0 Å². The van der Waals surface area contributed by atoms with Gasteiger partial charge in [-0.25, -0.2) is 4.68 Å². The SMILES string of the molecule is CC(C1CCC1)n1nnc(C(N)=S)c1CC1CC1. The van der Waals surface area contributed by atoms with Crippen LogP contribution in [0.3, 0.4) is 0 Å². The van der Waals surface area contributed by atoms with E-state index in [-0.39, 0.29) is 0 Å². The van der Waals surface area contributed by atoms with E-state index in [2.05, 4.69) is 21.9 Å². The van der Waals surface area contributed by atoms with E-state index in [4.69, 9.17) is 18.0 Å². The summed E-state index contributed by atoms with van der Waals surface area (Å²) in [5.74, 6) is 1.55. The van der Waals surface area contributed by atoms with Crippen LogP contribution in [0.1, 0.15) is 56.5 Å². The lowest BCUT2D eigenvalue weighted by molar-refractivity contribution is 0.205. The standard InChI is InChI=1S/C13H20N4S/c1-8(10-3-2-4-10)17-11(7-9-5-6-9)12(13(14)18)15-16-17/h8-10H,2-7H2,1H3,(H2,14,18). The van der Waals surface area contributed by atoms with Crippen LogP contribution in [-0.4, -0.2) is 20.0 Å². The highest BCUT2D eigenvalue weighted by Crippen LogP contribution is 2.38. The van der Waals surface area contributed by atoms with E-state index in [9.17, 15) is 0 Å². The second kappa shape index (κ2) is 4.61. The van der Waals surface area contributed by atoms with Crippen molar-refractivity contribution in [2.75, 3.05) is 0 Å². The normalized spacial score (nSPS) is 21.6. The fraction of sp³-hybridized carbons (Fsp3) is 0.769. The molecule has 1 heterocycles. The van der Waals surface area contributed by atoms with Gasteiger partial charge in [-0.15, -0.1) is 5.10 Å². The molecule has 0 aromatic carbocycles. The quantitative estimate of drug-likeness (QED) is 0.829. The molecule has 98 valence electrons. The number of rotatable bonds is 5. The lowest BCUT2D eigenvalue weighted by Crippen LogP contribution is -2.25. The Balaban J connectivity index is 1.88. The van der Waals surface area contributed by atoms with E-state index in [0.717, 1.165) is 24.0 Å². The van der Waals surface area contributed by atoms with Crippen LogP contribution < -0.4 is 5.73 Å². The van der Waals surface area contributed by atoms with Gasteiger partial charge in [0.05, 0.1) is 11.7 Å². The molecular formula is C13H20N4S. The second-order valence-electron chi connectivity index (χ2n) is 5.77. The average molecular weight is 264 g/mol. The number of hydrogen-bond donors (Lipinski definition) is 1. The molecule has 18 heavy (non-hydrogen) atoms. The lowest BCUT2D eigenvalue weighted by atomic mass is 9.80. The molecule has 2 aliphatic rings. The topological polar surface area (TPSA) is 56.7 Å². The van der Waals surface area contributed by atoms with Crippen LogP contribution in [-0.2, 0) is 6.42 Å². The highest BCUT2D eigenvalue weighted by atomic mass is 32.1. The molecule has 1 atom stereocenters. The van der Waals surface area contributed by atoms with Gasteiger partial charge in [-0.1, -0.05) is 23.9 Å². The third-order valence-corrected chi connectivity index (χ3v) is 4.61. The van der Waals surface area contributed by atoms with E-state index in [1.54, 1.807) is 0 Å². The average Bonchev–Trinajstić information content (AvgIpc) is 2.93. The molecule has 0 amide bonds. The Hall–Kier alpha value is -0.970. The minimum atomic E-state index is 0.387. The molecular weight excluding hydrogens is 244 g/mol. The molecule has 1 aromatic rings. The maximum atomic E-state index is 5.76. The molecule has 2 N–H and O–H groups in total. The molecule has 4 nitrogen and oxygen atoms in total. The van der Waals surface area contributed by atoms with E-state index in [1.165, 1.54) is 37.8 Å². The first-order chi connectivity index (χ1) is 8.66. The Morgan fingerprint density at radius 2 is 2.17 bits per heavy atom. The number of nitrogens with zero attached hydrogens (tertiary/aromatic N) is 3. The summed E-state index contributed by atoms with van der Waals surface area (Å²) in [6.45, 7) is 2.25. The summed E-state index contributed by atoms with van der Waals surface area (Å²) >= 11 is 5.09. The number of nitrogens with two attached hydrogens (primary N) is 1. The van der Waals surface area contributed by atoms with Gasteiger partial charge in [-0.2, -0.15) is 0 Å². The first-order valence-electron chi connectivity index (χ1n) is 6.90. The molecule has 2 saturated carbocycles. The molecule has 3 rings (SSSR count). The van der Waals surface area contributed by atoms with Gasteiger partial charge in [0.15, 0.2) is 0 Å². The van der Waals surface area contributed by atoms with Crippen LogP contribution in [0, 0.1) is 11.8 Å². The molecule has 1 unspecified atom stereocenters. The fourth-order valence-electron chi connectivity index (χ4n) is 2.74. The molecule has 1 aromatic heterocycles. The van der Waals surface area contributed by atoms with Gasteiger partial charge in [-0.05, 0) is 50.9 Å². The first-order valence-corrected chi connectivity index (χ1v) is 7.31. The van der Waals surface area contributed by atoms with Crippen LogP contribution in [0.4, 0.5) is 0 Å². The van der Waals surface area contributed by atoms with Crippen molar-refractivity contribution in [3.05, 3.63) is 11.4 Å². The summed E-state index contributed by atoms with van der Waals surface area (Å²) in [5, 5.41) is 8.53. The summed E-state index contributed by atoms with van der Waals surface area (Å²) < 4.78 is 2.09. The molecule has 2 aliphatic carbocycles. The van der Waals surface area contributed by atoms with Gasteiger partial charge in [0.25, 0.3) is 0 Å². The van der Waals surface area contributed by atoms with Crippen molar-refractivity contribution >= 4 is 17.2 Å². The number of thiocarbonyl (C=S) groups is 1. The predicted molar refractivity (Wildman–Crippen MR) is 74.4 cm³/mol. The zero-order valence-corrected chi connectivity index (χ0v) is 11.6. The van der Waals surface area contributed by atoms with E-state index in [1.807, 2.05) is 0 Å². The summed E-state index contributed by atoms with van der Waals surface area (Å²) in [5.41, 5.74) is 7.69. The van der Waals surface area contributed by atoms with Gasteiger partial charge >= 0.3 is 0 Å². The monoisotopic (exact) mass is 264 g/mol.